The summed E-state index contributed by atoms with van der Waals surface area (Å²) in [6, 6.07) is 21.1. The van der Waals surface area contributed by atoms with Crippen LogP contribution >= 0.6 is 12.2 Å². The molecule has 2 aliphatic rings. The summed E-state index contributed by atoms with van der Waals surface area (Å²) in [6.07, 6.45) is 0. The van der Waals surface area contributed by atoms with E-state index in [9.17, 15) is 4.79 Å². The van der Waals surface area contributed by atoms with Gasteiger partial charge in [-0.05, 0) is 62.8 Å². The minimum Gasteiger partial charge on any atom is -0.493 e. The van der Waals surface area contributed by atoms with Crippen LogP contribution in [0.1, 0.15) is 29.7 Å². The van der Waals surface area contributed by atoms with Gasteiger partial charge in [0.2, 0.25) is 5.91 Å². The molecule has 2 bridgehead atoms. The molecule has 3 aromatic carbocycles. The maximum absolute atomic E-state index is 13.9. The van der Waals surface area contributed by atoms with Gasteiger partial charge in [-0.25, -0.2) is 0 Å². The molecule has 0 saturated carbocycles. The van der Waals surface area contributed by atoms with Crippen molar-refractivity contribution >= 4 is 34.6 Å². The van der Waals surface area contributed by atoms with E-state index in [2.05, 4.69) is 16.7 Å². The zero-order valence-electron chi connectivity index (χ0n) is 19.6. The van der Waals surface area contributed by atoms with Crippen molar-refractivity contribution in [2.75, 3.05) is 17.3 Å². The summed E-state index contributed by atoms with van der Waals surface area (Å²) >= 11 is 5.80. The molecule has 34 heavy (non-hydrogen) atoms. The van der Waals surface area contributed by atoms with Crippen LogP contribution in [0.25, 0.3) is 0 Å². The van der Waals surface area contributed by atoms with E-state index in [0.717, 1.165) is 28.1 Å². The second kappa shape index (κ2) is 8.33. The van der Waals surface area contributed by atoms with Gasteiger partial charge in [-0.15, -0.1) is 0 Å². The standard InChI is InChI=1S/C27H27N3O3S/c1-16-13-14-20(17(2)15-16)28-25(31)22-23-19-11-8-12-21(32-4)24(19)33-27(22,3)30(26(34)29-23)18-9-6-5-7-10-18/h5-15,22-23H,1-4H3,(H,28,31)(H,29,34)/t22-,23+,27-/m0/s1. The van der Waals surface area contributed by atoms with Crippen molar-refractivity contribution in [3.8, 4) is 11.5 Å². The quantitative estimate of drug-likeness (QED) is 0.514. The number of para-hydroxylation sites is 2. The van der Waals surface area contributed by atoms with Gasteiger partial charge in [-0.2, -0.15) is 0 Å². The first-order valence-electron chi connectivity index (χ1n) is 11.2. The highest BCUT2D eigenvalue weighted by molar-refractivity contribution is 7.80. The van der Waals surface area contributed by atoms with Crippen LogP contribution in [0.5, 0.6) is 11.5 Å². The second-order valence-electron chi connectivity index (χ2n) is 8.92. The fraction of sp³-hybridized carbons (Fsp3) is 0.259. The smallest absolute Gasteiger partial charge is 0.236 e. The van der Waals surface area contributed by atoms with Crippen LogP contribution in [0, 0.1) is 19.8 Å². The van der Waals surface area contributed by atoms with Crippen molar-refractivity contribution in [1.82, 2.24) is 5.32 Å². The lowest BCUT2D eigenvalue weighted by Crippen LogP contribution is -2.72. The van der Waals surface area contributed by atoms with Gasteiger partial charge < -0.3 is 20.1 Å². The van der Waals surface area contributed by atoms with E-state index in [1.807, 2.05) is 86.3 Å². The van der Waals surface area contributed by atoms with Crippen LogP contribution in [0.2, 0.25) is 0 Å². The fourth-order valence-electron chi connectivity index (χ4n) is 5.06. The van der Waals surface area contributed by atoms with Crippen LogP contribution in [0.4, 0.5) is 11.4 Å². The maximum Gasteiger partial charge on any atom is 0.236 e. The summed E-state index contributed by atoms with van der Waals surface area (Å²) in [5, 5.41) is 7.08. The Morgan fingerprint density at radius 2 is 1.88 bits per heavy atom. The number of aryl methyl sites for hydroxylation is 2. The van der Waals surface area contributed by atoms with E-state index in [1.165, 1.54) is 0 Å². The highest BCUT2D eigenvalue weighted by Crippen LogP contribution is 2.52. The topological polar surface area (TPSA) is 62.8 Å². The van der Waals surface area contributed by atoms with Gasteiger partial charge in [0.25, 0.3) is 0 Å². The normalized spacial score (nSPS) is 22.8. The van der Waals surface area contributed by atoms with E-state index in [0.29, 0.717) is 16.6 Å². The molecule has 3 aromatic rings. The molecule has 1 fully saturated rings. The van der Waals surface area contributed by atoms with Gasteiger partial charge in [0.15, 0.2) is 22.3 Å². The molecule has 7 heteroatoms. The summed E-state index contributed by atoms with van der Waals surface area (Å²) in [5.41, 5.74) is 3.51. The monoisotopic (exact) mass is 473 g/mol. The number of thiocarbonyl (C=S) groups is 1. The number of carbonyl (C=O) groups excluding carboxylic acids is 1. The molecule has 0 radical (unpaired) electrons. The van der Waals surface area contributed by atoms with Crippen LogP contribution in [0.15, 0.2) is 66.7 Å². The maximum atomic E-state index is 13.9. The first-order valence-corrected chi connectivity index (χ1v) is 11.6. The third kappa shape index (κ3) is 3.47. The number of anilines is 2. The van der Waals surface area contributed by atoms with Gasteiger partial charge in [-0.1, -0.05) is 48.0 Å². The number of hydrogen-bond donors (Lipinski definition) is 2. The van der Waals surface area contributed by atoms with E-state index >= 15 is 0 Å². The second-order valence-corrected chi connectivity index (χ2v) is 9.31. The highest BCUT2D eigenvalue weighted by atomic mass is 32.1. The molecule has 6 nitrogen and oxygen atoms in total. The molecule has 5 rings (SSSR count). The van der Waals surface area contributed by atoms with Crippen molar-refractivity contribution < 1.29 is 14.3 Å². The number of hydrogen-bond acceptors (Lipinski definition) is 4. The first-order chi connectivity index (χ1) is 16.3. The number of amides is 1. The minimum atomic E-state index is -1.10. The van der Waals surface area contributed by atoms with Gasteiger partial charge in [0.1, 0.15) is 5.92 Å². The number of benzene rings is 3. The number of rotatable bonds is 4. The summed E-state index contributed by atoms with van der Waals surface area (Å²) in [5.74, 6) is 0.470. The molecule has 2 heterocycles. The van der Waals surface area contributed by atoms with E-state index in [4.69, 9.17) is 21.7 Å². The number of fused-ring (bicyclic) bond motifs is 4. The molecule has 1 saturated heterocycles. The van der Waals surface area contributed by atoms with E-state index < -0.39 is 11.6 Å². The Balaban J connectivity index is 1.64. The Morgan fingerprint density at radius 1 is 1.12 bits per heavy atom. The van der Waals surface area contributed by atoms with Gasteiger partial charge in [0, 0.05) is 16.9 Å². The molecule has 0 spiro atoms. The van der Waals surface area contributed by atoms with Crippen molar-refractivity contribution in [2.45, 2.75) is 32.5 Å². The molecule has 1 amide bonds. The molecule has 174 valence electrons. The Morgan fingerprint density at radius 3 is 2.59 bits per heavy atom. The number of methoxy groups -OCH3 is 1. The lowest BCUT2D eigenvalue weighted by Gasteiger charge is -2.56. The number of carbonyl (C=O) groups is 1. The van der Waals surface area contributed by atoms with Crippen LogP contribution in [0.3, 0.4) is 0 Å². The van der Waals surface area contributed by atoms with Crippen molar-refractivity contribution in [3.63, 3.8) is 0 Å². The summed E-state index contributed by atoms with van der Waals surface area (Å²) in [4.78, 5) is 15.8. The lowest BCUT2D eigenvalue weighted by molar-refractivity contribution is -0.130. The Labute approximate surface area is 204 Å². The zero-order chi connectivity index (χ0) is 24.0. The largest absolute Gasteiger partial charge is 0.493 e. The lowest BCUT2D eigenvalue weighted by atomic mass is 9.78. The van der Waals surface area contributed by atoms with E-state index in [-0.39, 0.29) is 11.9 Å². The average molecular weight is 474 g/mol. The Hall–Kier alpha value is -3.58. The molecular weight excluding hydrogens is 446 g/mol. The molecular formula is C27H27N3O3S. The van der Waals surface area contributed by atoms with Crippen LogP contribution in [-0.4, -0.2) is 23.9 Å². The van der Waals surface area contributed by atoms with Crippen molar-refractivity contribution in [2.24, 2.45) is 5.92 Å². The van der Waals surface area contributed by atoms with Gasteiger partial charge >= 0.3 is 0 Å². The SMILES string of the molecule is COc1cccc2c1O[C@@]1(C)[C@H](C(=O)Nc3ccc(C)cc3C)[C@@H]2NC(=S)N1c1ccccc1. The predicted molar refractivity (Wildman–Crippen MR) is 137 cm³/mol. The third-order valence-electron chi connectivity index (χ3n) is 6.65. The summed E-state index contributed by atoms with van der Waals surface area (Å²) in [6.45, 7) is 5.94. The van der Waals surface area contributed by atoms with Gasteiger partial charge in [-0.3, -0.25) is 9.69 Å². The molecule has 0 aromatic heterocycles. The minimum absolute atomic E-state index is 0.149. The summed E-state index contributed by atoms with van der Waals surface area (Å²) < 4.78 is 12.3. The predicted octanol–water partition coefficient (Wildman–Crippen LogP) is 5.11. The van der Waals surface area contributed by atoms with E-state index in [1.54, 1.807) is 7.11 Å². The molecule has 3 atom stereocenters. The molecule has 2 aliphatic heterocycles. The fourth-order valence-corrected chi connectivity index (χ4v) is 5.47. The molecule has 0 aliphatic carbocycles. The van der Waals surface area contributed by atoms with Gasteiger partial charge in [0.05, 0.1) is 13.2 Å². The molecule has 2 N–H and O–H groups in total. The number of ether oxygens (including phenoxy) is 2. The van der Waals surface area contributed by atoms with Crippen LogP contribution < -0.4 is 25.0 Å². The zero-order valence-corrected chi connectivity index (χ0v) is 20.4. The van der Waals surface area contributed by atoms with Crippen molar-refractivity contribution in [3.05, 3.63) is 83.4 Å². The number of nitrogens with one attached hydrogen (secondary N) is 2. The number of nitrogens with zero attached hydrogens (tertiary/aromatic N) is 1. The Bertz CT molecular complexity index is 1280. The third-order valence-corrected chi connectivity index (χ3v) is 6.95. The highest BCUT2D eigenvalue weighted by Gasteiger charge is 2.59. The van der Waals surface area contributed by atoms with Crippen molar-refractivity contribution in [1.29, 1.82) is 0 Å². The van der Waals surface area contributed by atoms with Crippen LogP contribution in [-0.2, 0) is 4.79 Å². The first kappa shape index (κ1) is 22.2. The Kier molecular flexibility index (Phi) is 5.44. The molecule has 0 unspecified atom stereocenters. The average Bonchev–Trinajstić information content (AvgIpc) is 2.80. The summed E-state index contributed by atoms with van der Waals surface area (Å²) in [7, 11) is 1.61.